The molecule has 1 heterocycles. The maximum absolute atomic E-state index is 11.3. The lowest BCUT2D eigenvalue weighted by Gasteiger charge is -2.45. The van der Waals surface area contributed by atoms with Crippen molar-refractivity contribution in [2.24, 2.45) is 11.8 Å². The standard InChI is InChI=1S/C27H29ClO5/c28-19-4-1-3-18(14-19)27(11-2-12-27)25(30)10-9-20-21-8-7-16-5-6-17(26(31)32)13-23(16)33-24(21)15-22(20)29/h1,3-6,9-10,13-14,20-22,24-25,29-30H,2,7-8,11-12,15H2,(H,31,32)/b10-9+/t20-,21-,22-,24+,25?/m1/s1. The highest BCUT2D eigenvalue weighted by Gasteiger charge is 2.46. The van der Waals surface area contributed by atoms with Crippen LogP contribution in [0.4, 0.5) is 0 Å². The zero-order valence-electron chi connectivity index (χ0n) is 18.4. The van der Waals surface area contributed by atoms with Crippen LogP contribution in [0.25, 0.3) is 0 Å². The average molecular weight is 469 g/mol. The van der Waals surface area contributed by atoms with Crippen molar-refractivity contribution in [3.05, 3.63) is 76.3 Å². The maximum atomic E-state index is 11.3. The molecule has 5 atom stereocenters. The van der Waals surface area contributed by atoms with E-state index in [0.717, 1.165) is 43.2 Å². The Morgan fingerprint density at radius 1 is 1.21 bits per heavy atom. The van der Waals surface area contributed by atoms with E-state index in [1.165, 1.54) is 0 Å². The van der Waals surface area contributed by atoms with Crippen LogP contribution in [0.1, 0.15) is 53.6 Å². The van der Waals surface area contributed by atoms with Gasteiger partial charge < -0.3 is 20.1 Å². The van der Waals surface area contributed by atoms with E-state index in [9.17, 15) is 20.1 Å². The Balaban J connectivity index is 1.34. The lowest BCUT2D eigenvalue weighted by molar-refractivity contribution is 0.0614. The first-order chi connectivity index (χ1) is 15.9. The molecule has 2 saturated carbocycles. The molecule has 2 fully saturated rings. The van der Waals surface area contributed by atoms with Gasteiger partial charge in [0.25, 0.3) is 0 Å². The number of hydrogen-bond donors (Lipinski definition) is 3. The number of carbonyl (C=O) groups is 1. The molecule has 1 aliphatic heterocycles. The highest BCUT2D eigenvalue weighted by molar-refractivity contribution is 6.30. The minimum Gasteiger partial charge on any atom is -0.490 e. The molecule has 0 aromatic heterocycles. The number of aliphatic hydroxyl groups is 2. The van der Waals surface area contributed by atoms with Gasteiger partial charge in [0.1, 0.15) is 11.9 Å². The molecule has 0 saturated heterocycles. The highest BCUT2D eigenvalue weighted by atomic mass is 35.5. The Bertz CT molecular complexity index is 1080. The molecule has 1 unspecified atom stereocenters. The molecule has 2 aromatic rings. The molecular formula is C27H29ClO5. The van der Waals surface area contributed by atoms with E-state index in [0.29, 0.717) is 17.2 Å². The van der Waals surface area contributed by atoms with Crippen molar-refractivity contribution in [1.29, 1.82) is 0 Å². The van der Waals surface area contributed by atoms with E-state index in [1.807, 2.05) is 42.5 Å². The van der Waals surface area contributed by atoms with Gasteiger partial charge in [-0.3, -0.25) is 0 Å². The topological polar surface area (TPSA) is 87.0 Å². The second-order valence-corrected chi connectivity index (χ2v) is 10.2. The summed E-state index contributed by atoms with van der Waals surface area (Å²) in [7, 11) is 0. The first kappa shape index (κ1) is 22.5. The SMILES string of the molecule is O=C(O)c1ccc2c(c1)O[C@H]1C[C@@H](O)[C@H](/C=C/C(O)C3(c4cccc(Cl)c4)CCC3)[C@H]1CC2. The zero-order valence-corrected chi connectivity index (χ0v) is 19.1. The number of rotatable bonds is 5. The molecule has 3 N–H and O–H groups in total. The third-order valence-corrected chi connectivity index (χ3v) is 8.19. The van der Waals surface area contributed by atoms with E-state index < -0.39 is 18.2 Å². The molecule has 3 aliphatic rings. The summed E-state index contributed by atoms with van der Waals surface area (Å²) >= 11 is 6.21. The number of aromatic carboxylic acids is 1. The summed E-state index contributed by atoms with van der Waals surface area (Å²) in [5, 5.41) is 32.0. The Kier molecular flexibility index (Phi) is 5.98. The van der Waals surface area contributed by atoms with Crippen LogP contribution < -0.4 is 4.74 Å². The molecule has 33 heavy (non-hydrogen) atoms. The van der Waals surface area contributed by atoms with Crippen LogP contribution in [0, 0.1) is 11.8 Å². The van der Waals surface area contributed by atoms with Crippen molar-refractivity contribution < 1.29 is 24.9 Å². The normalized spacial score (nSPS) is 28.8. The van der Waals surface area contributed by atoms with Gasteiger partial charge in [-0.25, -0.2) is 4.79 Å². The molecule has 6 heteroatoms. The van der Waals surface area contributed by atoms with E-state index in [-0.39, 0.29) is 28.9 Å². The fourth-order valence-corrected chi connectivity index (χ4v) is 6.10. The Labute approximate surface area is 198 Å². The predicted octanol–water partition coefficient (Wildman–Crippen LogP) is 4.77. The second kappa shape index (κ2) is 8.79. The van der Waals surface area contributed by atoms with Gasteiger partial charge in [0, 0.05) is 28.7 Å². The zero-order chi connectivity index (χ0) is 23.2. The van der Waals surface area contributed by atoms with Crippen LogP contribution in [-0.2, 0) is 11.8 Å². The van der Waals surface area contributed by atoms with Gasteiger partial charge in [0.2, 0.25) is 0 Å². The fourth-order valence-electron chi connectivity index (χ4n) is 5.91. The number of fused-ring (bicyclic) bond motifs is 2. The quantitative estimate of drug-likeness (QED) is 0.550. The third-order valence-electron chi connectivity index (χ3n) is 7.96. The van der Waals surface area contributed by atoms with Crippen molar-refractivity contribution in [1.82, 2.24) is 0 Å². The lowest BCUT2D eigenvalue weighted by Crippen LogP contribution is -2.44. The summed E-state index contributed by atoms with van der Waals surface area (Å²) in [6.45, 7) is 0. The average Bonchev–Trinajstić information content (AvgIpc) is 2.92. The van der Waals surface area contributed by atoms with Crippen molar-refractivity contribution in [2.45, 2.75) is 62.3 Å². The predicted molar refractivity (Wildman–Crippen MR) is 126 cm³/mol. The van der Waals surface area contributed by atoms with Crippen molar-refractivity contribution in [2.75, 3.05) is 0 Å². The molecule has 0 bridgehead atoms. The number of hydrogen-bond acceptors (Lipinski definition) is 4. The first-order valence-electron chi connectivity index (χ1n) is 11.7. The van der Waals surface area contributed by atoms with Crippen molar-refractivity contribution in [3.8, 4) is 5.75 Å². The minimum atomic E-state index is -0.979. The summed E-state index contributed by atoms with van der Waals surface area (Å²) in [5.41, 5.74) is 1.94. The third kappa shape index (κ3) is 4.07. The van der Waals surface area contributed by atoms with Gasteiger partial charge in [-0.1, -0.05) is 48.4 Å². The van der Waals surface area contributed by atoms with E-state index in [4.69, 9.17) is 16.3 Å². The van der Waals surface area contributed by atoms with Crippen LogP contribution in [0.3, 0.4) is 0 Å². The summed E-state index contributed by atoms with van der Waals surface area (Å²) < 4.78 is 6.23. The molecule has 2 aliphatic carbocycles. The van der Waals surface area contributed by atoms with Crippen LogP contribution in [0.15, 0.2) is 54.6 Å². The highest BCUT2D eigenvalue weighted by Crippen LogP contribution is 2.48. The number of aryl methyl sites for hydroxylation is 1. The smallest absolute Gasteiger partial charge is 0.335 e. The van der Waals surface area contributed by atoms with Gasteiger partial charge in [0.15, 0.2) is 0 Å². The second-order valence-electron chi connectivity index (χ2n) is 9.72. The van der Waals surface area contributed by atoms with E-state index in [1.54, 1.807) is 12.1 Å². The Morgan fingerprint density at radius 3 is 2.73 bits per heavy atom. The number of ether oxygens (including phenoxy) is 1. The number of benzene rings is 2. The van der Waals surface area contributed by atoms with Crippen molar-refractivity contribution in [3.63, 3.8) is 0 Å². The van der Waals surface area contributed by atoms with Crippen LogP contribution in [-0.4, -0.2) is 39.6 Å². The summed E-state index contributed by atoms with van der Waals surface area (Å²) in [4.78, 5) is 11.3. The molecule has 5 rings (SSSR count). The maximum Gasteiger partial charge on any atom is 0.335 e. The first-order valence-corrected chi connectivity index (χ1v) is 12.1. The molecule has 0 spiro atoms. The summed E-state index contributed by atoms with van der Waals surface area (Å²) in [6.07, 6.45) is 7.42. The summed E-state index contributed by atoms with van der Waals surface area (Å²) in [5.74, 6) is -0.385. The largest absolute Gasteiger partial charge is 0.490 e. The number of aliphatic hydroxyl groups excluding tert-OH is 2. The summed E-state index contributed by atoms with van der Waals surface area (Å²) in [6, 6.07) is 12.8. The van der Waals surface area contributed by atoms with Gasteiger partial charge in [-0.2, -0.15) is 0 Å². The van der Waals surface area contributed by atoms with Crippen LogP contribution in [0.2, 0.25) is 5.02 Å². The van der Waals surface area contributed by atoms with E-state index in [2.05, 4.69) is 0 Å². The van der Waals surface area contributed by atoms with Gasteiger partial charge in [0.05, 0.1) is 17.8 Å². The molecule has 2 aromatic carbocycles. The number of carboxylic acids is 1. The molecule has 0 radical (unpaired) electrons. The lowest BCUT2D eigenvalue weighted by atomic mass is 9.61. The Hall–Kier alpha value is -2.34. The minimum absolute atomic E-state index is 0.104. The van der Waals surface area contributed by atoms with E-state index >= 15 is 0 Å². The van der Waals surface area contributed by atoms with Crippen LogP contribution in [0.5, 0.6) is 5.75 Å². The van der Waals surface area contributed by atoms with Crippen molar-refractivity contribution >= 4 is 17.6 Å². The molecule has 0 amide bonds. The molecular weight excluding hydrogens is 440 g/mol. The Morgan fingerprint density at radius 2 is 2.03 bits per heavy atom. The van der Waals surface area contributed by atoms with Crippen LogP contribution >= 0.6 is 11.6 Å². The van der Waals surface area contributed by atoms with Gasteiger partial charge in [-0.05, 0) is 61.1 Å². The number of halogens is 1. The number of carboxylic acid groups (broad SMARTS) is 1. The van der Waals surface area contributed by atoms with Gasteiger partial charge in [-0.15, -0.1) is 0 Å². The van der Waals surface area contributed by atoms with Gasteiger partial charge >= 0.3 is 5.97 Å². The molecule has 5 nitrogen and oxygen atoms in total. The molecule has 174 valence electrons. The monoisotopic (exact) mass is 468 g/mol. The fraction of sp³-hybridized carbons (Fsp3) is 0.444.